The van der Waals surface area contributed by atoms with E-state index in [1.807, 2.05) is 25.2 Å². The van der Waals surface area contributed by atoms with Crippen LogP contribution < -0.4 is 0 Å². The molecule has 0 aromatic heterocycles. The van der Waals surface area contributed by atoms with Crippen molar-refractivity contribution in [2.24, 2.45) is 10.9 Å². The van der Waals surface area contributed by atoms with E-state index in [0.717, 1.165) is 10.9 Å². The number of benzene rings is 1. The molecular formula is C18H26N2OS. The molecule has 22 heavy (non-hydrogen) atoms. The predicted octanol–water partition coefficient (Wildman–Crippen LogP) is 3.94. The maximum absolute atomic E-state index is 12.6. The summed E-state index contributed by atoms with van der Waals surface area (Å²) in [6, 6.07) is 10.3. The van der Waals surface area contributed by atoms with Crippen molar-refractivity contribution in [2.75, 3.05) is 12.8 Å². The van der Waals surface area contributed by atoms with E-state index in [-0.39, 0.29) is 22.8 Å². The minimum Gasteiger partial charge on any atom is -0.349 e. The van der Waals surface area contributed by atoms with Crippen LogP contribution in [0.3, 0.4) is 0 Å². The molecule has 0 aliphatic carbocycles. The molecule has 1 amide bonds. The third-order valence-corrected chi connectivity index (χ3v) is 5.69. The maximum atomic E-state index is 12.6. The van der Waals surface area contributed by atoms with Gasteiger partial charge in [0.1, 0.15) is 0 Å². The highest BCUT2D eigenvalue weighted by Gasteiger charge is 2.40. The molecule has 0 saturated heterocycles. The Kier molecular flexibility index (Phi) is 4.71. The lowest BCUT2D eigenvalue weighted by molar-refractivity contribution is -0.122. The minimum atomic E-state index is -0.208. The lowest BCUT2D eigenvalue weighted by Gasteiger charge is -2.39. The molecule has 120 valence electrons. The Labute approximate surface area is 138 Å². The van der Waals surface area contributed by atoms with Gasteiger partial charge in [0.25, 0.3) is 5.91 Å². The van der Waals surface area contributed by atoms with Crippen molar-refractivity contribution >= 4 is 22.8 Å². The molecule has 2 rings (SSSR count). The van der Waals surface area contributed by atoms with E-state index in [4.69, 9.17) is 0 Å². The molecule has 1 atom stereocenters. The third-order valence-electron chi connectivity index (χ3n) is 4.57. The van der Waals surface area contributed by atoms with Gasteiger partial charge in [-0.2, -0.15) is 4.99 Å². The van der Waals surface area contributed by atoms with Crippen LogP contribution in [0.5, 0.6) is 0 Å². The Morgan fingerprint density at radius 1 is 1.14 bits per heavy atom. The van der Waals surface area contributed by atoms with Gasteiger partial charge in [0.05, 0.1) is 5.92 Å². The van der Waals surface area contributed by atoms with Crippen LogP contribution in [-0.2, 0) is 10.2 Å². The van der Waals surface area contributed by atoms with Crippen LogP contribution in [0.4, 0.5) is 0 Å². The van der Waals surface area contributed by atoms with Gasteiger partial charge in [0, 0.05) is 23.8 Å². The fourth-order valence-corrected chi connectivity index (χ4v) is 3.98. The number of hydrogen-bond donors (Lipinski definition) is 0. The molecule has 1 aliphatic rings. The number of amides is 1. The van der Waals surface area contributed by atoms with Crippen molar-refractivity contribution < 1.29 is 4.79 Å². The van der Waals surface area contributed by atoms with Crippen LogP contribution in [0, 0.1) is 5.92 Å². The van der Waals surface area contributed by atoms with Gasteiger partial charge in [-0.15, -0.1) is 0 Å². The Morgan fingerprint density at radius 3 is 2.23 bits per heavy atom. The summed E-state index contributed by atoms with van der Waals surface area (Å²) >= 11 is 1.69. The molecule has 3 nitrogen and oxygen atoms in total. The minimum absolute atomic E-state index is 0.00120. The summed E-state index contributed by atoms with van der Waals surface area (Å²) < 4.78 is 0. The molecule has 4 heteroatoms. The van der Waals surface area contributed by atoms with Crippen LogP contribution in [0.1, 0.15) is 40.2 Å². The summed E-state index contributed by atoms with van der Waals surface area (Å²) in [5, 5.41) is 0.831. The molecule has 1 aromatic rings. The van der Waals surface area contributed by atoms with Crippen molar-refractivity contribution in [3.63, 3.8) is 0 Å². The highest BCUT2D eigenvalue weighted by Crippen LogP contribution is 2.38. The average Bonchev–Trinajstić information content (AvgIpc) is 2.46. The van der Waals surface area contributed by atoms with Gasteiger partial charge in [0.2, 0.25) is 0 Å². The zero-order chi connectivity index (χ0) is 16.5. The molecule has 1 aromatic carbocycles. The lowest BCUT2D eigenvalue weighted by Crippen LogP contribution is -2.45. The summed E-state index contributed by atoms with van der Waals surface area (Å²) in [4.78, 5) is 19.1. The number of carbonyl (C=O) groups excluding carboxylic acids is 1. The summed E-state index contributed by atoms with van der Waals surface area (Å²) in [6.07, 6.45) is 0. The molecule has 0 N–H and O–H groups in total. The van der Waals surface area contributed by atoms with Crippen molar-refractivity contribution in [3.05, 3.63) is 35.9 Å². The summed E-state index contributed by atoms with van der Waals surface area (Å²) in [6.45, 7) is 10.7. The molecule has 1 unspecified atom stereocenters. The Hall–Kier alpha value is -1.29. The zero-order valence-corrected chi connectivity index (χ0v) is 15.2. The van der Waals surface area contributed by atoms with Gasteiger partial charge >= 0.3 is 0 Å². The first-order valence-electron chi connectivity index (χ1n) is 7.68. The van der Waals surface area contributed by atoms with Crippen LogP contribution in [0.25, 0.3) is 0 Å². The van der Waals surface area contributed by atoms with Crippen LogP contribution in [0.2, 0.25) is 0 Å². The predicted molar refractivity (Wildman–Crippen MR) is 95.4 cm³/mol. The van der Waals surface area contributed by atoms with E-state index >= 15 is 0 Å². The normalized spacial score (nSPS) is 19.8. The molecule has 0 saturated carbocycles. The number of nitrogens with zero attached hydrogens (tertiary/aromatic N) is 2. The molecule has 0 spiro atoms. The number of hydrogen-bond acceptors (Lipinski definition) is 3. The second kappa shape index (κ2) is 6.07. The average molecular weight is 318 g/mol. The number of aliphatic imine (C=N–C) groups is 1. The number of amidine groups is 1. The van der Waals surface area contributed by atoms with E-state index in [1.54, 1.807) is 11.8 Å². The first-order chi connectivity index (χ1) is 10.1. The highest BCUT2D eigenvalue weighted by atomic mass is 32.2. The third kappa shape index (κ3) is 3.37. The standard InChI is InChI=1S/C18H26N2OS/c1-17(2,3)20(6)16-19-15(21)14(12-22-16)18(4,5)13-10-8-7-9-11-13/h7-11,14H,12H2,1-6H3. The summed E-state index contributed by atoms with van der Waals surface area (Å²) in [5.41, 5.74) is 0.950. The first-order valence-corrected chi connectivity index (χ1v) is 8.67. The number of rotatable bonds is 2. The number of carbonyl (C=O) groups is 1. The monoisotopic (exact) mass is 318 g/mol. The maximum Gasteiger partial charge on any atom is 0.252 e. The van der Waals surface area contributed by atoms with Crippen LogP contribution in [0.15, 0.2) is 35.3 Å². The summed E-state index contributed by atoms with van der Waals surface area (Å²) in [7, 11) is 2.00. The molecule has 0 bridgehead atoms. The van der Waals surface area contributed by atoms with E-state index in [2.05, 4.69) is 56.6 Å². The van der Waals surface area contributed by atoms with Gasteiger partial charge in [-0.3, -0.25) is 4.79 Å². The van der Waals surface area contributed by atoms with Gasteiger partial charge in [-0.1, -0.05) is 55.9 Å². The highest BCUT2D eigenvalue weighted by molar-refractivity contribution is 8.13. The molecule has 0 radical (unpaired) electrons. The van der Waals surface area contributed by atoms with E-state index in [1.165, 1.54) is 5.56 Å². The first kappa shape index (κ1) is 17.1. The lowest BCUT2D eigenvalue weighted by atomic mass is 9.74. The van der Waals surface area contributed by atoms with Crippen LogP contribution in [-0.4, -0.2) is 34.3 Å². The van der Waals surface area contributed by atoms with Crippen molar-refractivity contribution in [1.82, 2.24) is 4.90 Å². The second-order valence-corrected chi connectivity index (χ2v) is 8.40. The van der Waals surface area contributed by atoms with E-state index < -0.39 is 0 Å². The largest absolute Gasteiger partial charge is 0.349 e. The van der Waals surface area contributed by atoms with Gasteiger partial charge in [-0.25, -0.2) is 0 Å². The van der Waals surface area contributed by atoms with E-state index in [0.29, 0.717) is 0 Å². The Bertz CT molecular complexity index is 572. The summed E-state index contributed by atoms with van der Waals surface area (Å²) in [5.74, 6) is 0.690. The Morgan fingerprint density at radius 2 is 1.73 bits per heavy atom. The van der Waals surface area contributed by atoms with Crippen molar-refractivity contribution in [1.29, 1.82) is 0 Å². The van der Waals surface area contributed by atoms with Gasteiger partial charge in [0.15, 0.2) is 5.17 Å². The van der Waals surface area contributed by atoms with Crippen LogP contribution >= 0.6 is 11.8 Å². The second-order valence-electron chi connectivity index (χ2n) is 7.41. The number of thioether (sulfide) groups is 1. The quantitative estimate of drug-likeness (QED) is 0.828. The van der Waals surface area contributed by atoms with E-state index in [9.17, 15) is 4.79 Å². The molecular weight excluding hydrogens is 292 g/mol. The fourth-order valence-electron chi connectivity index (χ4n) is 2.48. The molecule has 1 aliphatic heterocycles. The molecule has 1 heterocycles. The Balaban J connectivity index is 2.24. The van der Waals surface area contributed by atoms with Crippen molar-refractivity contribution in [2.45, 2.75) is 45.6 Å². The molecule has 0 fully saturated rings. The smallest absolute Gasteiger partial charge is 0.252 e. The van der Waals surface area contributed by atoms with Gasteiger partial charge < -0.3 is 4.90 Å². The fraction of sp³-hybridized carbons (Fsp3) is 0.556. The topological polar surface area (TPSA) is 32.7 Å². The van der Waals surface area contributed by atoms with Crippen molar-refractivity contribution in [3.8, 4) is 0 Å². The van der Waals surface area contributed by atoms with Gasteiger partial charge in [-0.05, 0) is 26.3 Å². The SMILES string of the molecule is CN(C1=NC(=O)C(C(C)(C)c2ccccc2)CS1)C(C)(C)C. The zero-order valence-electron chi connectivity index (χ0n) is 14.4.